The molecule has 3 rings (SSSR count). The summed E-state index contributed by atoms with van der Waals surface area (Å²) in [6.45, 7) is 4.01. The molecule has 0 saturated carbocycles. The predicted molar refractivity (Wildman–Crippen MR) is 103 cm³/mol. The van der Waals surface area contributed by atoms with E-state index in [9.17, 15) is 8.42 Å². The third-order valence-electron chi connectivity index (χ3n) is 3.37. The van der Waals surface area contributed by atoms with Gasteiger partial charge >= 0.3 is 0 Å². The highest BCUT2D eigenvalue weighted by Crippen LogP contribution is 2.35. The van der Waals surface area contributed by atoms with Crippen LogP contribution in [0.4, 0.5) is 0 Å². The van der Waals surface area contributed by atoms with Gasteiger partial charge in [-0.2, -0.15) is 0 Å². The third kappa shape index (κ3) is 3.94. The van der Waals surface area contributed by atoms with Gasteiger partial charge in [0.1, 0.15) is 5.01 Å². The van der Waals surface area contributed by atoms with Gasteiger partial charge in [-0.25, -0.2) is 18.1 Å². The summed E-state index contributed by atoms with van der Waals surface area (Å²) >= 11 is 6.35. The van der Waals surface area contributed by atoms with Gasteiger partial charge in [0, 0.05) is 27.0 Å². The lowest BCUT2D eigenvalue weighted by atomic mass is 10.2. The van der Waals surface area contributed by atoms with Gasteiger partial charge in [0.05, 0.1) is 9.77 Å². The maximum atomic E-state index is 12.6. The highest BCUT2D eigenvalue weighted by atomic mass is 79.9. The Hall–Kier alpha value is -1.06. The summed E-state index contributed by atoms with van der Waals surface area (Å²) in [6.07, 6.45) is 0. The first kappa shape index (κ1) is 17.8. The van der Waals surface area contributed by atoms with Gasteiger partial charge in [-0.15, -0.1) is 22.7 Å². The number of hydrogen-bond donors (Lipinski definition) is 1. The molecule has 0 fully saturated rings. The Morgan fingerprint density at radius 2 is 1.92 bits per heavy atom. The Bertz CT molecular complexity index is 960. The molecule has 0 amide bonds. The molecular formula is C16H15BrN2O2S3. The number of thiazole rings is 1. The number of halogens is 1. The van der Waals surface area contributed by atoms with Crippen molar-refractivity contribution < 1.29 is 8.42 Å². The molecule has 0 spiro atoms. The Morgan fingerprint density at radius 1 is 1.21 bits per heavy atom. The van der Waals surface area contributed by atoms with Crippen molar-refractivity contribution in [3.8, 4) is 9.88 Å². The predicted octanol–water partition coefficient (Wildman–Crippen LogP) is 4.73. The van der Waals surface area contributed by atoms with Crippen LogP contribution in [0.2, 0.25) is 0 Å². The molecule has 3 aromatic rings. The van der Waals surface area contributed by atoms with Crippen molar-refractivity contribution in [2.24, 2.45) is 0 Å². The zero-order chi connectivity index (χ0) is 17.3. The number of rotatable bonds is 5. The Balaban J connectivity index is 1.81. The lowest BCUT2D eigenvalue weighted by molar-refractivity contribution is 0.581. The molecule has 0 bridgehead atoms. The number of nitrogens with zero attached hydrogens (tertiary/aromatic N) is 1. The number of sulfonamides is 1. The van der Waals surface area contributed by atoms with E-state index in [1.165, 1.54) is 22.7 Å². The second kappa shape index (κ2) is 7.05. The number of aromatic nitrogens is 1. The first-order valence-corrected chi connectivity index (χ1v) is 11.1. The lowest BCUT2D eigenvalue weighted by Crippen LogP contribution is -2.23. The minimum absolute atomic E-state index is 0.261. The van der Waals surface area contributed by atoms with Gasteiger partial charge in [0.2, 0.25) is 10.0 Å². The second-order valence-corrected chi connectivity index (χ2v) is 10.0. The van der Waals surface area contributed by atoms with E-state index in [-0.39, 0.29) is 6.54 Å². The van der Waals surface area contributed by atoms with Crippen LogP contribution in [0, 0.1) is 13.8 Å². The standard InChI is InChI=1S/C16H15BrN2O2S3/c1-10-9-22-16(19-10)14-7-15(11(2)23-14)24(20,21)18-8-12-3-5-13(17)6-4-12/h3-7,9,18H,8H2,1-2H3. The summed E-state index contributed by atoms with van der Waals surface area (Å²) in [5.41, 5.74) is 1.85. The quantitative estimate of drug-likeness (QED) is 0.620. The zero-order valence-corrected chi connectivity index (χ0v) is 17.1. The molecule has 0 radical (unpaired) electrons. The van der Waals surface area contributed by atoms with Gasteiger partial charge in [-0.3, -0.25) is 0 Å². The van der Waals surface area contributed by atoms with Gasteiger partial charge in [-0.05, 0) is 37.6 Å². The van der Waals surface area contributed by atoms with Crippen LogP contribution in [0.15, 0.2) is 45.1 Å². The average Bonchev–Trinajstić information content (AvgIpc) is 3.13. The molecule has 8 heteroatoms. The first-order valence-electron chi connectivity index (χ1n) is 7.12. The summed E-state index contributed by atoms with van der Waals surface area (Å²) in [5.74, 6) is 0. The van der Waals surface area contributed by atoms with Crippen LogP contribution in [0.25, 0.3) is 9.88 Å². The van der Waals surface area contributed by atoms with E-state index in [1.54, 1.807) is 6.07 Å². The molecule has 0 atom stereocenters. The monoisotopic (exact) mass is 442 g/mol. The molecule has 0 unspecified atom stereocenters. The largest absolute Gasteiger partial charge is 0.241 e. The van der Waals surface area contributed by atoms with Crippen LogP contribution in [0.3, 0.4) is 0 Å². The molecule has 1 aromatic carbocycles. The summed E-state index contributed by atoms with van der Waals surface area (Å²) in [5, 5.41) is 2.82. The minimum atomic E-state index is -3.55. The summed E-state index contributed by atoms with van der Waals surface area (Å²) < 4.78 is 28.9. The lowest BCUT2D eigenvalue weighted by Gasteiger charge is -2.06. The number of thiophene rings is 1. The van der Waals surface area contributed by atoms with Gasteiger partial charge < -0.3 is 0 Å². The van der Waals surface area contributed by atoms with E-state index >= 15 is 0 Å². The molecule has 0 aliphatic carbocycles. The molecule has 24 heavy (non-hydrogen) atoms. The number of benzene rings is 1. The van der Waals surface area contributed by atoms with E-state index in [0.717, 1.165) is 30.5 Å². The van der Waals surface area contributed by atoms with Crippen LogP contribution in [-0.4, -0.2) is 13.4 Å². The highest BCUT2D eigenvalue weighted by molar-refractivity contribution is 9.10. The van der Waals surface area contributed by atoms with E-state index in [2.05, 4.69) is 25.6 Å². The smallest absolute Gasteiger partial charge is 0.241 e. The maximum absolute atomic E-state index is 12.6. The average molecular weight is 443 g/mol. The number of hydrogen-bond acceptors (Lipinski definition) is 5. The summed E-state index contributed by atoms with van der Waals surface area (Å²) in [7, 11) is -3.55. The molecule has 1 N–H and O–H groups in total. The third-order valence-corrected chi connectivity index (χ3v) is 7.74. The van der Waals surface area contributed by atoms with Crippen LogP contribution < -0.4 is 4.72 Å². The van der Waals surface area contributed by atoms with Crippen molar-refractivity contribution in [1.82, 2.24) is 9.71 Å². The summed E-state index contributed by atoms with van der Waals surface area (Å²) in [6, 6.07) is 9.26. The molecule has 2 aromatic heterocycles. The number of aryl methyl sites for hydroxylation is 2. The maximum Gasteiger partial charge on any atom is 0.241 e. The molecule has 4 nitrogen and oxygen atoms in total. The zero-order valence-electron chi connectivity index (χ0n) is 13.0. The highest BCUT2D eigenvalue weighted by Gasteiger charge is 2.21. The van der Waals surface area contributed by atoms with Crippen LogP contribution in [-0.2, 0) is 16.6 Å². The van der Waals surface area contributed by atoms with Crippen LogP contribution in [0.1, 0.15) is 16.1 Å². The SMILES string of the molecule is Cc1csc(-c2cc(S(=O)(=O)NCc3ccc(Br)cc3)c(C)s2)n1. The molecule has 0 aliphatic rings. The Morgan fingerprint density at radius 3 is 2.54 bits per heavy atom. The van der Waals surface area contributed by atoms with E-state index in [0.29, 0.717) is 4.90 Å². The van der Waals surface area contributed by atoms with Gasteiger partial charge in [0.25, 0.3) is 0 Å². The normalized spacial score (nSPS) is 11.8. The topological polar surface area (TPSA) is 59.1 Å². The molecular weight excluding hydrogens is 428 g/mol. The van der Waals surface area contributed by atoms with Crippen LogP contribution >= 0.6 is 38.6 Å². The van der Waals surface area contributed by atoms with E-state index in [1.807, 2.05) is 43.5 Å². The van der Waals surface area contributed by atoms with Crippen molar-refractivity contribution in [1.29, 1.82) is 0 Å². The Labute approximate surface area is 157 Å². The van der Waals surface area contributed by atoms with Crippen molar-refractivity contribution in [3.05, 3.63) is 56.3 Å². The summed E-state index contributed by atoms with van der Waals surface area (Å²) in [4.78, 5) is 6.40. The van der Waals surface area contributed by atoms with Crippen molar-refractivity contribution >= 4 is 48.6 Å². The minimum Gasteiger partial charge on any atom is -0.241 e. The van der Waals surface area contributed by atoms with Crippen LogP contribution in [0.5, 0.6) is 0 Å². The fourth-order valence-electron chi connectivity index (χ4n) is 2.16. The molecule has 2 heterocycles. The fourth-order valence-corrected chi connectivity index (χ4v) is 5.89. The molecule has 0 saturated heterocycles. The molecule has 0 aliphatic heterocycles. The van der Waals surface area contributed by atoms with Crippen molar-refractivity contribution in [2.75, 3.05) is 0 Å². The van der Waals surface area contributed by atoms with Crippen molar-refractivity contribution in [3.63, 3.8) is 0 Å². The number of nitrogens with one attached hydrogen (secondary N) is 1. The first-order chi connectivity index (χ1) is 11.3. The van der Waals surface area contributed by atoms with Crippen molar-refractivity contribution in [2.45, 2.75) is 25.3 Å². The van der Waals surface area contributed by atoms with E-state index < -0.39 is 10.0 Å². The Kier molecular flexibility index (Phi) is 5.22. The fraction of sp³-hybridized carbons (Fsp3) is 0.188. The molecule has 126 valence electrons. The van der Waals surface area contributed by atoms with Gasteiger partial charge in [-0.1, -0.05) is 28.1 Å². The van der Waals surface area contributed by atoms with Gasteiger partial charge in [0.15, 0.2) is 0 Å². The van der Waals surface area contributed by atoms with E-state index in [4.69, 9.17) is 0 Å². The second-order valence-electron chi connectivity index (χ2n) is 5.28.